The first-order valence-corrected chi connectivity index (χ1v) is 7.11. The topological polar surface area (TPSA) is 84.2 Å². The number of nitrogens with one attached hydrogen (secondary N) is 2. The van der Waals surface area contributed by atoms with Crippen LogP contribution in [-0.2, 0) is 16.0 Å². The van der Waals surface area contributed by atoms with Crippen molar-refractivity contribution in [2.45, 2.75) is 51.7 Å². The van der Waals surface area contributed by atoms with E-state index < -0.39 is 12.1 Å². The lowest BCUT2D eigenvalue weighted by Crippen LogP contribution is -2.54. The van der Waals surface area contributed by atoms with Gasteiger partial charge in [0.15, 0.2) is 0 Å². The van der Waals surface area contributed by atoms with E-state index >= 15 is 0 Å². The van der Waals surface area contributed by atoms with Crippen LogP contribution >= 0.6 is 0 Å². The maximum absolute atomic E-state index is 12.0. The molecule has 0 heterocycles. The fourth-order valence-electron chi connectivity index (χ4n) is 1.82. The average molecular weight is 291 g/mol. The number of amides is 2. The van der Waals surface area contributed by atoms with Crippen LogP contribution in [0.1, 0.15) is 33.3 Å². The zero-order valence-corrected chi connectivity index (χ0v) is 13.1. The number of hydrogen-bond acceptors (Lipinski definition) is 3. The maximum atomic E-state index is 12.0. The van der Waals surface area contributed by atoms with Crippen LogP contribution in [0.3, 0.4) is 0 Å². The number of rotatable bonds is 5. The molecule has 5 heteroatoms. The van der Waals surface area contributed by atoms with Crippen LogP contribution in [0.5, 0.6) is 0 Å². The molecule has 0 saturated heterocycles. The molecule has 116 valence electrons. The van der Waals surface area contributed by atoms with Gasteiger partial charge in [0.1, 0.15) is 6.04 Å². The minimum Gasteiger partial charge on any atom is -0.350 e. The Bertz CT molecular complexity index is 480. The Hall–Kier alpha value is -1.88. The summed E-state index contributed by atoms with van der Waals surface area (Å²) in [5.74, 6) is -0.543. The number of hydrogen-bond donors (Lipinski definition) is 3. The van der Waals surface area contributed by atoms with Crippen LogP contribution < -0.4 is 16.4 Å². The van der Waals surface area contributed by atoms with Crippen LogP contribution in [0.4, 0.5) is 0 Å². The number of carbonyl (C=O) groups is 2. The lowest BCUT2D eigenvalue weighted by atomic mass is 10.1. The van der Waals surface area contributed by atoms with E-state index in [0.717, 1.165) is 5.56 Å². The third kappa shape index (κ3) is 6.40. The first-order chi connectivity index (χ1) is 9.69. The summed E-state index contributed by atoms with van der Waals surface area (Å²) in [6.07, 6.45) is 0.445. The third-order valence-corrected chi connectivity index (χ3v) is 2.89. The third-order valence-electron chi connectivity index (χ3n) is 2.89. The molecular formula is C16H25N3O2. The summed E-state index contributed by atoms with van der Waals surface area (Å²) in [5.41, 5.74) is 6.54. The molecule has 0 aliphatic heterocycles. The minimum absolute atomic E-state index is 0.220. The second kappa shape index (κ2) is 7.22. The lowest BCUT2D eigenvalue weighted by Gasteiger charge is -2.24. The predicted octanol–water partition coefficient (Wildman–Crippen LogP) is 0.976. The van der Waals surface area contributed by atoms with Crippen LogP contribution in [0.2, 0.25) is 0 Å². The van der Waals surface area contributed by atoms with Crippen LogP contribution in [0, 0.1) is 0 Å². The summed E-state index contributed by atoms with van der Waals surface area (Å²) in [4.78, 5) is 23.9. The molecule has 2 atom stereocenters. The van der Waals surface area contributed by atoms with Gasteiger partial charge in [0.05, 0.1) is 6.04 Å². The highest BCUT2D eigenvalue weighted by molar-refractivity contribution is 5.89. The molecule has 2 amide bonds. The first kappa shape index (κ1) is 17.2. The fraction of sp³-hybridized carbons (Fsp3) is 0.500. The number of carbonyl (C=O) groups excluding carboxylic acids is 2. The summed E-state index contributed by atoms with van der Waals surface area (Å²) in [6, 6.07) is 8.27. The van der Waals surface area contributed by atoms with E-state index in [0.29, 0.717) is 6.42 Å². The number of nitrogens with two attached hydrogens (primary N) is 1. The Morgan fingerprint density at radius 1 is 1.14 bits per heavy atom. The smallest absolute Gasteiger partial charge is 0.242 e. The Morgan fingerprint density at radius 3 is 2.24 bits per heavy atom. The molecule has 1 aromatic carbocycles. The quantitative estimate of drug-likeness (QED) is 0.756. The van der Waals surface area contributed by atoms with Gasteiger partial charge in [0, 0.05) is 5.54 Å². The molecule has 0 spiro atoms. The van der Waals surface area contributed by atoms with Crippen LogP contribution in [0.15, 0.2) is 30.3 Å². The second-order valence-corrected chi connectivity index (χ2v) is 6.27. The van der Waals surface area contributed by atoms with Crippen molar-refractivity contribution in [3.63, 3.8) is 0 Å². The van der Waals surface area contributed by atoms with Crippen molar-refractivity contribution in [3.8, 4) is 0 Å². The van der Waals surface area contributed by atoms with Crippen molar-refractivity contribution in [1.82, 2.24) is 10.6 Å². The fourth-order valence-corrected chi connectivity index (χ4v) is 1.82. The van der Waals surface area contributed by atoms with Gasteiger partial charge in [-0.15, -0.1) is 0 Å². The van der Waals surface area contributed by atoms with Crippen molar-refractivity contribution in [2.24, 2.45) is 5.73 Å². The molecule has 4 N–H and O–H groups in total. The highest BCUT2D eigenvalue weighted by atomic mass is 16.2. The van der Waals surface area contributed by atoms with Gasteiger partial charge >= 0.3 is 0 Å². The van der Waals surface area contributed by atoms with Gasteiger partial charge in [-0.3, -0.25) is 9.59 Å². The van der Waals surface area contributed by atoms with E-state index in [9.17, 15) is 9.59 Å². The summed E-state index contributed by atoms with van der Waals surface area (Å²) < 4.78 is 0. The molecule has 0 fully saturated rings. The average Bonchev–Trinajstić information content (AvgIpc) is 2.37. The van der Waals surface area contributed by atoms with E-state index in [1.165, 1.54) is 0 Å². The van der Waals surface area contributed by atoms with Crippen molar-refractivity contribution in [3.05, 3.63) is 35.9 Å². The maximum Gasteiger partial charge on any atom is 0.242 e. The van der Waals surface area contributed by atoms with E-state index in [-0.39, 0.29) is 17.4 Å². The van der Waals surface area contributed by atoms with Crippen LogP contribution in [-0.4, -0.2) is 29.4 Å². The molecule has 0 aromatic heterocycles. The molecule has 1 unspecified atom stereocenters. The zero-order chi connectivity index (χ0) is 16.0. The molecule has 1 rings (SSSR count). The standard InChI is InChI=1S/C16H25N3O2/c1-11(14(20)19-16(2,3)4)18-15(21)13(17)10-12-8-6-5-7-9-12/h5-9,11,13H,10,17H2,1-4H3,(H,18,21)(H,19,20)/t11?,13-/m0/s1. The van der Waals surface area contributed by atoms with Gasteiger partial charge in [0.2, 0.25) is 11.8 Å². The van der Waals surface area contributed by atoms with Crippen molar-refractivity contribution in [1.29, 1.82) is 0 Å². The first-order valence-electron chi connectivity index (χ1n) is 7.11. The highest BCUT2D eigenvalue weighted by Gasteiger charge is 2.23. The summed E-state index contributed by atoms with van der Waals surface area (Å²) in [5, 5.41) is 5.46. The molecular weight excluding hydrogens is 266 g/mol. The molecule has 0 radical (unpaired) electrons. The Kier molecular flexibility index (Phi) is 5.90. The molecule has 0 aliphatic carbocycles. The lowest BCUT2D eigenvalue weighted by molar-refractivity contribution is -0.130. The van der Waals surface area contributed by atoms with E-state index in [1.807, 2.05) is 51.1 Å². The largest absolute Gasteiger partial charge is 0.350 e. The van der Waals surface area contributed by atoms with Crippen molar-refractivity contribution >= 4 is 11.8 Å². The van der Waals surface area contributed by atoms with Gasteiger partial charge in [-0.1, -0.05) is 30.3 Å². The minimum atomic E-state index is -0.669. The molecule has 0 bridgehead atoms. The predicted molar refractivity (Wildman–Crippen MR) is 83.6 cm³/mol. The highest BCUT2D eigenvalue weighted by Crippen LogP contribution is 2.03. The summed E-state index contributed by atoms with van der Waals surface area (Å²) in [7, 11) is 0. The van der Waals surface area contributed by atoms with E-state index in [4.69, 9.17) is 5.73 Å². The van der Waals surface area contributed by atoms with E-state index in [2.05, 4.69) is 10.6 Å². The van der Waals surface area contributed by atoms with Crippen LogP contribution in [0.25, 0.3) is 0 Å². The van der Waals surface area contributed by atoms with Gasteiger partial charge in [0.25, 0.3) is 0 Å². The van der Waals surface area contributed by atoms with Gasteiger partial charge in [-0.05, 0) is 39.7 Å². The molecule has 0 saturated carbocycles. The van der Waals surface area contributed by atoms with Crippen molar-refractivity contribution < 1.29 is 9.59 Å². The monoisotopic (exact) mass is 291 g/mol. The SMILES string of the molecule is CC(NC(=O)[C@@H](N)Cc1ccccc1)C(=O)NC(C)(C)C. The normalized spacial score (nSPS) is 14.1. The molecule has 5 nitrogen and oxygen atoms in total. The van der Waals surface area contributed by atoms with Gasteiger partial charge < -0.3 is 16.4 Å². The van der Waals surface area contributed by atoms with Gasteiger partial charge in [-0.25, -0.2) is 0 Å². The molecule has 1 aromatic rings. The van der Waals surface area contributed by atoms with Crippen molar-refractivity contribution in [2.75, 3.05) is 0 Å². The van der Waals surface area contributed by atoms with E-state index in [1.54, 1.807) is 6.92 Å². The Labute approximate surface area is 126 Å². The Morgan fingerprint density at radius 2 is 1.71 bits per heavy atom. The summed E-state index contributed by atoms with van der Waals surface area (Å²) in [6.45, 7) is 7.32. The summed E-state index contributed by atoms with van der Waals surface area (Å²) >= 11 is 0. The second-order valence-electron chi connectivity index (χ2n) is 6.27. The zero-order valence-electron chi connectivity index (χ0n) is 13.1. The molecule has 0 aliphatic rings. The van der Waals surface area contributed by atoms with Gasteiger partial charge in [-0.2, -0.15) is 0 Å². The molecule has 21 heavy (non-hydrogen) atoms. The number of benzene rings is 1. The Balaban J connectivity index is 2.50.